The third kappa shape index (κ3) is 2.65. The first-order valence-corrected chi connectivity index (χ1v) is 8.26. The molecule has 1 aromatic heterocycles. The Morgan fingerprint density at radius 1 is 1.04 bits per heavy atom. The van der Waals surface area contributed by atoms with Crippen molar-refractivity contribution in [3.8, 4) is 5.75 Å². The lowest BCUT2D eigenvalue weighted by Gasteiger charge is -2.21. The van der Waals surface area contributed by atoms with Crippen LogP contribution in [0, 0.1) is 0 Å². The first-order valence-electron chi connectivity index (χ1n) is 8.26. The Balaban J connectivity index is 1.69. The molecule has 1 N–H and O–H groups in total. The molecule has 2 heteroatoms. The van der Waals surface area contributed by atoms with E-state index in [-0.39, 0.29) is 0 Å². The summed E-state index contributed by atoms with van der Waals surface area (Å²) < 4.78 is 5.26. The third-order valence-corrected chi connectivity index (χ3v) is 4.85. The summed E-state index contributed by atoms with van der Waals surface area (Å²) in [6.07, 6.45) is 8.26. The van der Waals surface area contributed by atoms with Gasteiger partial charge in [0, 0.05) is 23.0 Å². The van der Waals surface area contributed by atoms with Crippen LogP contribution in [-0.2, 0) is 0 Å². The van der Waals surface area contributed by atoms with Crippen LogP contribution in [0.3, 0.4) is 0 Å². The number of aromatic amines is 1. The summed E-state index contributed by atoms with van der Waals surface area (Å²) in [5.74, 6) is 1.41. The van der Waals surface area contributed by atoms with Crippen LogP contribution >= 0.6 is 0 Å². The molecule has 0 saturated carbocycles. The second kappa shape index (κ2) is 5.96. The lowest BCUT2D eigenvalue weighted by molar-refractivity contribution is 0.415. The van der Waals surface area contributed by atoms with Crippen molar-refractivity contribution in [2.24, 2.45) is 0 Å². The topological polar surface area (TPSA) is 25.0 Å². The Kier molecular flexibility index (Phi) is 3.66. The molecule has 2 aromatic carbocycles. The van der Waals surface area contributed by atoms with Crippen molar-refractivity contribution < 1.29 is 4.74 Å². The van der Waals surface area contributed by atoms with Crippen LogP contribution < -0.4 is 4.74 Å². The van der Waals surface area contributed by atoms with E-state index in [1.807, 2.05) is 12.1 Å². The minimum atomic E-state index is 0.497. The van der Waals surface area contributed by atoms with Crippen LogP contribution in [0.4, 0.5) is 0 Å². The van der Waals surface area contributed by atoms with Crippen LogP contribution in [-0.4, -0.2) is 12.1 Å². The number of H-pyrrole nitrogens is 1. The normalized spacial score (nSPS) is 18.0. The van der Waals surface area contributed by atoms with Crippen LogP contribution in [0.5, 0.6) is 5.75 Å². The van der Waals surface area contributed by atoms with Crippen LogP contribution in [0.25, 0.3) is 16.5 Å². The summed E-state index contributed by atoms with van der Waals surface area (Å²) >= 11 is 0. The maximum atomic E-state index is 5.26. The molecular formula is C21H21NO. The Hall–Kier alpha value is -2.48. The Labute approximate surface area is 136 Å². The number of para-hydroxylation sites is 1. The van der Waals surface area contributed by atoms with Gasteiger partial charge in [0.2, 0.25) is 0 Å². The number of benzene rings is 2. The number of methoxy groups -OCH3 is 1. The Morgan fingerprint density at radius 3 is 2.70 bits per heavy atom. The average molecular weight is 303 g/mol. The summed E-state index contributed by atoms with van der Waals surface area (Å²) in [6.45, 7) is 0. The van der Waals surface area contributed by atoms with E-state index in [1.165, 1.54) is 40.4 Å². The van der Waals surface area contributed by atoms with Crippen molar-refractivity contribution >= 4 is 16.5 Å². The van der Waals surface area contributed by atoms with Crippen molar-refractivity contribution in [2.75, 3.05) is 7.11 Å². The monoisotopic (exact) mass is 303 g/mol. The average Bonchev–Trinajstić information content (AvgIpc) is 3.06. The van der Waals surface area contributed by atoms with Crippen molar-refractivity contribution in [3.63, 3.8) is 0 Å². The number of ether oxygens (including phenoxy) is 1. The van der Waals surface area contributed by atoms with Gasteiger partial charge < -0.3 is 9.72 Å². The molecule has 0 amide bonds. The highest BCUT2D eigenvalue weighted by Crippen LogP contribution is 2.38. The fourth-order valence-electron chi connectivity index (χ4n) is 3.61. The lowest BCUT2D eigenvalue weighted by Crippen LogP contribution is -2.02. The summed E-state index contributed by atoms with van der Waals surface area (Å²) in [5.41, 5.74) is 5.42. The standard InChI is InChI=1S/C21H21NO/c1-23-18-11-9-15(10-12-18)16-5-4-6-17(13-16)20-14-22-21-8-3-2-7-19(20)21/h2-3,7-14,17,22H,4-6H2,1H3. The summed E-state index contributed by atoms with van der Waals surface area (Å²) in [4.78, 5) is 3.41. The van der Waals surface area contributed by atoms with Gasteiger partial charge >= 0.3 is 0 Å². The van der Waals surface area contributed by atoms with E-state index in [0.717, 1.165) is 12.2 Å². The largest absolute Gasteiger partial charge is 0.497 e. The number of hydrogen-bond donors (Lipinski definition) is 1. The number of rotatable bonds is 3. The number of allylic oxidation sites excluding steroid dienone is 2. The number of fused-ring (bicyclic) bond motifs is 1. The van der Waals surface area contributed by atoms with E-state index < -0.39 is 0 Å². The highest BCUT2D eigenvalue weighted by atomic mass is 16.5. The molecule has 116 valence electrons. The summed E-state index contributed by atoms with van der Waals surface area (Å²) in [6, 6.07) is 17.0. The Morgan fingerprint density at radius 2 is 1.87 bits per heavy atom. The van der Waals surface area contributed by atoms with Crippen molar-refractivity contribution in [3.05, 3.63) is 71.9 Å². The van der Waals surface area contributed by atoms with Crippen LogP contribution in [0.2, 0.25) is 0 Å². The molecule has 1 atom stereocenters. The molecule has 0 bridgehead atoms. The summed E-state index contributed by atoms with van der Waals surface area (Å²) in [5, 5.41) is 1.35. The second-order valence-corrected chi connectivity index (χ2v) is 6.21. The van der Waals surface area contributed by atoms with E-state index in [4.69, 9.17) is 4.74 Å². The highest BCUT2D eigenvalue weighted by molar-refractivity contribution is 5.84. The second-order valence-electron chi connectivity index (χ2n) is 6.21. The molecule has 0 aliphatic heterocycles. The third-order valence-electron chi connectivity index (χ3n) is 4.85. The van der Waals surface area contributed by atoms with Gasteiger partial charge in [0.25, 0.3) is 0 Å². The fraction of sp³-hybridized carbons (Fsp3) is 0.238. The summed E-state index contributed by atoms with van der Waals surface area (Å²) in [7, 11) is 1.71. The molecule has 0 radical (unpaired) electrons. The van der Waals surface area contributed by atoms with E-state index in [2.05, 4.69) is 53.7 Å². The van der Waals surface area contributed by atoms with Gasteiger partial charge in [-0.1, -0.05) is 36.4 Å². The molecule has 1 heterocycles. The van der Waals surface area contributed by atoms with E-state index >= 15 is 0 Å². The predicted molar refractivity (Wildman–Crippen MR) is 95.9 cm³/mol. The molecule has 3 aromatic rings. The molecule has 0 fully saturated rings. The van der Waals surface area contributed by atoms with Gasteiger partial charge in [0.05, 0.1) is 7.11 Å². The van der Waals surface area contributed by atoms with Crippen molar-refractivity contribution in [1.29, 1.82) is 0 Å². The van der Waals surface area contributed by atoms with Crippen molar-refractivity contribution in [1.82, 2.24) is 4.98 Å². The van der Waals surface area contributed by atoms with Gasteiger partial charge in [-0.15, -0.1) is 0 Å². The number of hydrogen-bond acceptors (Lipinski definition) is 1. The zero-order valence-corrected chi connectivity index (χ0v) is 13.4. The number of nitrogens with one attached hydrogen (secondary N) is 1. The SMILES string of the molecule is COc1ccc(C2=CC(c3c[nH]c4ccccc34)CCC2)cc1. The molecule has 0 saturated heterocycles. The minimum Gasteiger partial charge on any atom is -0.497 e. The van der Waals surface area contributed by atoms with Gasteiger partial charge in [-0.3, -0.25) is 0 Å². The Bertz CT molecular complexity index is 842. The lowest BCUT2D eigenvalue weighted by atomic mass is 9.83. The fourth-order valence-corrected chi connectivity index (χ4v) is 3.61. The van der Waals surface area contributed by atoms with Gasteiger partial charge in [-0.05, 0) is 54.2 Å². The quantitative estimate of drug-likeness (QED) is 0.676. The molecule has 1 aliphatic rings. The van der Waals surface area contributed by atoms with Gasteiger partial charge in [0.15, 0.2) is 0 Å². The van der Waals surface area contributed by atoms with E-state index in [0.29, 0.717) is 5.92 Å². The van der Waals surface area contributed by atoms with Gasteiger partial charge in [-0.25, -0.2) is 0 Å². The zero-order valence-electron chi connectivity index (χ0n) is 13.4. The molecule has 4 rings (SSSR count). The van der Waals surface area contributed by atoms with Crippen molar-refractivity contribution in [2.45, 2.75) is 25.2 Å². The first kappa shape index (κ1) is 14.1. The van der Waals surface area contributed by atoms with Crippen LogP contribution in [0.15, 0.2) is 60.8 Å². The van der Waals surface area contributed by atoms with E-state index in [1.54, 1.807) is 7.11 Å². The maximum absolute atomic E-state index is 5.26. The molecular weight excluding hydrogens is 282 g/mol. The zero-order chi connectivity index (χ0) is 15.6. The van der Waals surface area contributed by atoms with E-state index in [9.17, 15) is 0 Å². The maximum Gasteiger partial charge on any atom is 0.118 e. The molecule has 23 heavy (non-hydrogen) atoms. The molecule has 1 aliphatic carbocycles. The molecule has 2 nitrogen and oxygen atoms in total. The molecule has 0 spiro atoms. The van der Waals surface area contributed by atoms with Gasteiger partial charge in [0.1, 0.15) is 5.75 Å². The predicted octanol–water partition coefficient (Wildman–Crippen LogP) is 5.53. The smallest absolute Gasteiger partial charge is 0.118 e. The minimum absolute atomic E-state index is 0.497. The number of aromatic nitrogens is 1. The first-order chi connectivity index (χ1) is 11.3. The van der Waals surface area contributed by atoms with Crippen LogP contribution in [0.1, 0.15) is 36.3 Å². The van der Waals surface area contributed by atoms with Gasteiger partial charge in [-0.2, -0.15) is 0 Å². The molecule has 1 unspecified atom stereocenters. The highest BCUT2D eigenvalue weighted by Gasteiger charge is 2.19.